The van der Waals surface area contributed by atoms with E-state index in [0.29, 0.717) is 21.7 Å². The largest absolute Gasteiger partial charge is 0.366 e. The molecule has 0 aliphatic carbocycles. The highest BCUT2D eigenvalue weighted by Crippen LogP contribution is 2.21. The molecule has 0 spiro atoms. The van der Waals surface area contributed by atoms with Crippen LogP contribution >= 0.6 is 35.4 Å². The first-order chi connectivity index (χ1) is 9.08. The Kier molecular flexibility index (Phi) is 4.63. The van der Waals surface area contributed by atoms with Gasteiger partial charge in [-0.05, 0) is 29.9 Å². The van der Waals surface area contributed by atoms with Crippen molar-refractivity contribution in [2.24, 2.45) is 0 Å². The molecule has 4 nitrogen and oxygen atoms in total. The van der Waals surface area contributed by atoms with Gasteiger partial charge >= 0.3 is 0 Å². The van der Waals surface area contributed by atoms with Crippen molar-refractivity contribution in [2.45, 2.75) is 6.54 Å². The lowest BCUT2D eigenvalue weighted by atomic mass is 10.2. The Bertz CT molecular complexity index is 597. The van der Waals surface area contributed by atoms with Gasteiger partial charge in [0.2, 0.25) is 0 Å². The van der Waals surface area contributed by atoms with Gasteiger partial charge in [0.1, 0.15) is 0 Å². The van der Waals surface area contributed by atoms with Crippen LogP contribution in [-0.4, -0.2) is 21.9 Å². The van der Waals surface area contributed by atoms with E-state index in [1.807, 2.05) is 18.3 Å². The summed E-state index contributed by atoms with van der Waals surface area (Å²) in [5, 5.41) is 11.9. The van der Waals surface area contributed by atoms with Gasteiger partial charge in [-0.1, -0.05) is 29.3 Å². The third kappa shape index (κ3) is 3.83. The van der Waals surface area contributed by atoms with Crippen molar-refractivity contribution in [3.63, 3.8) is 0 Å². The summed E-state index contributed by atoms with van der Waals surface area (Å²) in [5.41, 5.74) is 1.78. The zero-order valence-corrected chi connectivity index (χ0v) is 12.5. The maximum atomic E-state index is 6.12. The molecule has 1 aromatic carbocycles. The van der Waals surface area contributed by atoms with E-state index >= 15 is 0 Å². The Morgan fingerprint density at radius 3 is 2.89 bits per heavy atom. The molecule has 19 heavy (non-hydrogen) atoms. The number of benzene rings is 1. The Hall–Kier alpha value is -1.30. The van der Waals surface area contributed by atoms with Gasteiger partial charge in [0.05, 0.1) is 18.4 Å². The summed E-state index contributed by atoms with van der Waals surface area (Å²) >= 11 is 17.0. The molecule has 0 aliphatic rings. The molecule has 0 unspecified atom stereocenters. The third-order valence-electron chi connectivity index (χ3n) is 2.47. The number of hydrogen-bond donors (Lipinski definition) is 2. The fraction of sp³-hybridized carbons (Fsp3) is 0.167. The van der Waals surface area contributed by atoms with Gasteiger partial charge in [0, 0.05) is 23.3 Å². The fourth-order valence-corrected chi connectivity index (χ4v) is 2.12. The summed E-state index contributed by atoms with van der Waals surface area (Å²) < 4.78 is 1.77. The smallest absolute Gasteiger partial charge is 0.170 e. The molecule has 0 bridgehead atoms. The minimum Gasteiger partial charge on any atom is -0.366 e. The summed E-state index contributed by atoms with van der Waals surface area (Å²) in [6, 6.07) is 5.41. The summed E-state index contributed by atoms with van der Waals surface area (Å²) in [4.78, 5) is 0. The summed E-state index contributed by atoms with van der Waals surface area (Å²) in [6.07, 6.45) is 3.56. The zero-order valence-electron chi connectivity index (χ0n) is 10.2. The van der Waals surface area contributed by atoms with Crippen molar-refractivity contribution in [1.29, 1.82) is 0 Å². The van der Waals surface area contributed by atoms with Crippen LogP contribution in [0.15, 0.2) is 30.6 Å². The highest BCUT2D eigenvalue weighted by Gasteiger charge is 2.04. The van der Waals surface area contributed by atoms with Gasteiger partial charge < -0.3 is 10.6 Å². The van der Waals surface area contributed by atoms with Crippen LogP contribution in [-0.2, 0) is 6.54 Å². The highest BCUT2D eigenvalue weighted by atomic mass is 35.5. The maximum Gasteiger partial charge on any atom is 0.170 e. The average Bonchev–Trinajstić information content (AvgIpc) is 2.80. The summed E-state index contributed by atoms with van der Waals surface area (Å²) in [7, 11) is 1.76. The Morgan fingerprint density at radius 2 is 2.21 bits per heavy atom. The molecule has 7 heteroatoms. The van der Waals surface area contributed by atoms with Crippen molar-refractivity contribution < 1.29 is 0 Å². The van der Waals surface area contributed by atoms with E-state index in [1.54, 1.807) is 24.0 Å². The Balaban J connectivity index is 2.09. The number of aromatic nitrogens is 2. The number of nitrogens with zero attached hydrogens (tertiary/aromatic N) is 2. The third-order valence-corrected chi connectivity index (χ3v) is 3.36. The Labute approximate surface area is 126 Å². The lowest BCUT2D eigenvalue weighted by Gasteiger charge is -2.05. The summed E-state index contributed by atoms with van der Waals surface area (Å²) in [6.45, 7) is 0.573. The molecule has 2 aromatic rings. The zero-order chi connectivity index (χ0) is 13.8. The molecule has 0 saturated carbocycles. The topological polar surface area (TPSA) is 41.9 Å². The van der Waals surface area contributed by atoms with Crippen LogP contribution in [0.4, 0.5) is 5.69 Å². The van der Waals surface area contributed by atoms with Crippen LogP contribution in [0.25, 0.3) is 0 Å². The molecule has 1 aromatic heterocycles. The second kappa shape index (κ2) is 6.23. The standard InChI is InChI=1S/C12H12Cl2N4S/c1-15-12(19)17-10-5-16-18(7-10)6-8-2-3-9(13)4-11(8)14/h2-5,7H,6H2,1H3,(H2,15,17,19). The number of thiocarbonyl (C=S) groups is 1. The lowest BCUT2D eigenvalue weighted by molar-refractivity contribution is 0.687. The minimum atomic E-state index is 0.545. The Morgan fingerprint density at radius 1 is 1.42 bits per heavy atom. The molecule has 0 saturated heterocycles. The SMILES string of the molecule is CNC(=S)Nc1cnn(Cc2ccc(Cl)cc2Cl)c1. The normalized spacial score (nSPS) is 10.3. The van der Waals surface area contributed by atoms with Crippen LogP contribution in [0.3, 0.4) is 0 Å². The van der Waals surface area contributed by atoms with Gasteiger partial charge in [-0.3, -0.25) is 4.68 Å². The highest BCUT2D eigenvalue weighted by molar-refractivity contribution is 7.80. The van der Waals surface area contributed by atoms with Crippen LogP contribution in [0.1, 0.15) is 5.56 Å². The first-order valence-electron chi connectivity index (χ1n) is 5.53. The molecule has 0 atom stereocenters. The van der Waals surface area contributed by atoms with Crippen molar-refractivity contribution in [3.05, 3.63) is 46.2 Å². The number of rotatable bonds is 3. The molecule has 0 radical (unpaired) electrons. The maximum absolute atomic E-state index is 6.12. The second-order valence-electron chi connectivity index (χ2n) is 3.87. The lowest BCUT2D eigenvalue weighted by Crippen LogP contribution is -2.23. The van der Waals surface area contributed by atoms with Crippen LogP contribution in [0.5, 0.6) is 0 Å². The molecule has 0 aliphatic heterocycles. The van der Waals surface area contributed by atoms with E-state index in [2.05, 4.69) is 15.7 Å². The summed E-state index contributed by atoms with van der Waals surface area (Å²) in [5.74, 6) is 0. The van der Waals surface area contributed by atoms with Crippen molar-refractivity contribution >= 4 is 46.2 Å². The second-order valence-corrected chi connectivity index (χ2v) is 5.12. The molecular weight excluding hydrogens is 303 g/mol. The van der Waals surface area contributed by atoms with Crippen LogP contribution in [0, 0.1) is 0 Å². The predicted octanol–water partition coefficient (Wildman–Crippen LogP) is 3.15. The number of hydrogen-bond acceptors (Lipinski definition) is 2. The molecule has 100 valence electrons. The molecule has 0 fully saturated rings. The molecule has 2 rings (SSSR count). The molecule has 0 amide bonds. The number of nitrogens with one attached hydrogen (secondary N) is 2. The van der Waals surface area contributed by atoms with E-state index in [-0.39, 0.29) is 0 Å². The van der Waals surface area contributed by atoms with Crippen molar-refractivity contribution in [3.8, 4) is 0 Å². The monoisotopic (exact) mass is 314 g/mol. The van der Waals surface area contributed by atoms with Crippen molar-refractivity contribution in [2.75, 3.05) is 12.4 Å². The van der Waals surface area contributed by atoms with Gasteiger partial charge in [-0.2, -0.15) is 5.10 Å². The number of anilines is 1. The van der Waals surface area contributed by atoms with Gasteiger partial charge in [0.15, 0.2) is 5.11 Å². The average molecular weight is 315 g/mol. The number of halogens is 2. The predicted molar refractivity (Wildman–Crippen MR) is 83.1 cm³/mol. The van der Waals surface area contributed by atoms with Crippen LogP contribution < -0.4 is 10.6 Å². The van der Waals surface area contributed by atoms with Gasteiger partial charge in [-0.15, -0.1) is 0 Å². The fourth-order valence-electron chi connectivity index (χ4n) is 1.53. The first kappa shape index (κ1) is 14.1. The quantitative estimate of drug-likeness (QED) is 0.854. The molecule has 2 N–H and O–H groups in total. The van der Waals surface area contributed by atoms with E-state index < -0.39 is 0 Å². The van der Waals surface area contributed by atoms with Gasteiger partial charge in [-0.25, -0.2) is 0 Å². The van der Waals surface area contributed by atoms with Crippen molar-refractivity contribution in [1.82, 2.24) is 15.1 Å². The van der Waals surface area contributed by atoms with E-state index in [4.69, 9.17) is 35.4 Å². The molecular formula is C12H12Cl2N4S. The van der Waals surface area contributed by atoms with E-state index in [1.165, 1.54) is 0 Å². The molecule has 1 heterocycles. The van der Waals surface area contributed by atoms with E-state index in [0.717, 1.165) is 11.3 Å². The minimum absolute atomic E-state index is 0.545. The van der Waals surface area contributed by atoms with E-state index in [9.17, 15) is 0 Å². The first-order valence-corrected chi connectivity index (χ1v) is 6.70. The van der Waals surface area contributed by atoms with Gasteiger partial charge in [0.25, 0.3) is 0 Å². The van der Waals surface area contributed by atoms with Crippen LogP contribution in [0.2, 0.25) is 10.0 Å².